The van der Waals surface area contributed by atoms with Gasteiger partial charge in [0.15, 0.2) is 17.5 Å². The maximum Gasteiger partial charge on any atom is 0.164 e. The van der Waals surface area contributed by atoms with Crippen molar-refractivity contribution in [3.05, 3.63) is 139 Å². The summed E-state index contributed by atoms with van der Waals surface area (Å²) >= 11 is 0. The van der Waals surface area contributed by atoms with Gasteiger partial charge in [0, 0.05) is 16.7 Å². The Bertz CT molecular complexity index is 2110. The lowest BCUT2D eigenvalue weighted by Crippen LogP contribution is -2.42. The molecule has 5 aromatic carbocycles. The molecule has 8 rings (SSSR count). The second-order valence-corrected chi connectivity index (χ2v) is 14.5. The summed E-state index contributed by atoms with van der Waals surface area (Å²) in [6, 6.07) is 46.2. The molecule has 2 saturated carbocycles. The number of hydrogen-bond donors (Lipinski definition) is 0. The van der Waals surface area contributed by atoms with Crippen molar-refractivity contribution in [1.82, 2.24) is 15.0 Å². The number of nitrogens with zero attached hydrogens (tertiary/aromatic N) is 4. The van der Waals surface area contributed by atoms with Gasteiger partial charge in [-0.3, -0.25) is 0 Å². The molecule has 0 saturated heterocycles. The van der Waals surface area contributed by atoms with Gasteiger partial charge in [-0.15, -0.1) is 0 Å². The Kier molecular flexibility index (Phi) is 8.14. The van der Waals surface area contributed by atoms with E-state index < -0.39 is 0 Å². The third kappa shape index (κ3) is 6.18. The van der Waals surface area contributed by atoms with Crippen molar-refractivity contribution in [1.29, 1.82) is 5.26 Å². The predicted molar refractivity (Wildman–Crippen MR) is 198 cm³/mol. The lowest BCUT2D eigenvalue weighted by Gasteiger charge is -2.50. The normalized spacial score (nSPS) is 21.5. The SMILES string of the molecule is C[C@@H]1CC2C[C@H](C)CC(c3ccc(-c4nc(-c5ccccc5)nc(-c5ccc(-c6ccccc6-c6ccc(C#N)cc6)cc5)n4)cc3)(C2)C1. The maximum absolute atomic E-state index is 9.26. The molecule has 0 aliphatic heterocycles. The highest BCUT2D eigenvalue weighted by molar-refractivity contribution is 5.84. The fourth-order valence-electron chi connectivity index (χ4n) is 8.89. The number of rotatable bonds is 6. The van der Waals surface area contributed by atoms with E-state index in [1.165, 1.54) is 37.7 Å². The zero-order valence-electron chi connectivity index (χ0n) is 28.2. The predicted octanol–water partition coefficient (Wildman–Crippen LogP) is 11.2. The molecular formula is C45H40N4. The van der Waals surface area contributed by atoms with Gasteiger partial charge in [-0.25, -0.2) is 15.0 Å². The number of fused-ring (bicyclic) bond motifs is 2. The molecule has 2 fully saturated rings. The molecule has 4 nitrogen and oxygen atoms in total. The van der Waals surface area contributed by atoms with Gasteiger partial charge in [0.05, 0.1) is 11.6 Å². The molecule has 4 heteroatoms. The molecule has 1 aromatic heterocycles. The molecule has 0 N–H and O–H groups in total. The van der Waals surface area contributed by atoms with Gasteiger partial charge in [0.1, 0.15) is 0 Å². The molecule has 240 valence electrons. The van der Waals surface area contributed by atoms with Crippen LogP contribution in [0, 0.1) is 29.1 Å². The van der Waals surface area contributed by atoms with Crippen LogP contribution in [0.3, 0.4) is 0 Å². The highest BCUT2D eigenvalue weighted by atomic mass is 15.0. The Morgan fingerprint density at radius 1 is 0.510 bits per heavy atom. The molecule has 6 aromatic rings. The minimum absolute atomic E-state index is 0.290. The third-order valence-electron chi connectivity index (χ3n) is 10.8. The highest BCUT2D eigenvalue weighted by Gasteiger charge is 2.45. The molecule has 0 radical (unpaired) electrons. The number of hydrogen-bond acceptors (Lipinski definition) is 4. The van der Waals surface area contributed by atoms with E-state index in [1.54, 1.807) is 0 Å². The molecule has 2 aliphatic rings. The Morgan fingerprint density at radius 3 is 1.45 bits per heavy atom. The van der Waals surface area contributed by atoms with E-state index in [0.29, 0.717) is 28.5 Å². The second-order valence-electron chi connectivity index (χ2n) is 14.5. The van der Waals surface area contributed by atoms with Crippen molar-refractivity contribution in [2.24, 2.45) is 17.8 Å². The Balaban J connectivity index is 1.14. The topological polar surface area (TPSA) is 62.5 Å². The number of nitriles is 1. The van der Waals surface area contributed by atoms with Crippen molar-refractivity contribution >= 4 is 0 Å². The minimum Gasteiger partial charge on any atom is -0.208 e. The second kappa shape index (κ2) is 12.9. The average molecular weight is 637 g/mol. The van der Waals surface area contributed by atoms with Crippen LogP contribution in [0.15, 0.2) is 127 Å². The Hall–Kier alpha value is -5.40. The number of benzene rings is 5. The maximum atomic E-state index is 9.26. The molecule has 49 heavy (non-hydrogen) atoms. The first-order valence-electron chi connectivity index (χ1n) is 17.6. The van der Waals surface area contributed by atoms with E-state index in [2.05, 4.69) is 105 Å². The van der Waals surface area contributed by atoms with Gasteiger partial charge >= 0.3 is 0 Å². The van der Waals surface area contributed by atoms with Gasteiger partial charge in [0.25, 0.3) is 0 Å². The summed E-state index contributed by atoms with van der Waals surface area (Å²) in [5, 5.41) is 9.26. The summed E-state index contributed by atoms with van der Waals surface area (Å²) < 4.78 is 0. The molecule has 2 bridgehead atoms. The largest absolute Gasteiger partial charge is 0.208 e. The van der Waals surface area contributed by atoms with Gasteiger partial charge < -0.3 is 0 Å². The summed E-state index contributed by atoms with van der Waals surface area (Å²) in [6.07, 6.45) is 6.66. The molecule has 2 unspecified atom stereocenters. The first-order valence-corrected chi connectivity index (χ1v) is 17.6. The zero-order valence-corrected chi connectivity index (χ0v) is 28.2. The van der Waals surface area contributed by atoms with Crippen LogP contribution in [0.25, 0.3) is 56.4 Å². The van der Waals surface area contributed by atoms with E-state index in [4.69, 9.17) is 15.0 Å². The Labute approximate surface area is 289 Å². The summed E-state index contributed by atoms with van der Waals surface area (Å²) in [6.45, 7) is 4.90. The van der Waals surface area contributed by atoms with Gasteiger partial charge in [-0.1, -0.05) is 129 Å². The van der Waals surface area contributed by atoms with E-state index >= 15 is 0 Å². The first-order chi connectivity index (χ1) is 24.0. The van der Waals surface area contributed by atoms with E-state index in [1.807, 2.05) is 42.5 Å². The van der Waals surface area contributed by atoms with E-state index in [0.717, 1.165) is 56.7 Å². The molecule has 1 heterocycles. The van der Waals surface area contributed by atoms with Crippen LogP contribution in [0.4, 0.5) is 0 Å². The van der Waals surface area contributed by atoms with E-state index in [-0.39, 0.29) is 0 Å². The smallest absolute Gasteiger partial charge is 0.164 e. The van der Waals surface area contributed by atoms with Crippen molar-refractivity contribution in [3.63, 3.8) is 0 Å². The monoisotopic (exact) mass is 636 g/mol. The minimum atomic E-state index is 0.290. The standard InChI is InChI=1S/C45H40N4/c1-30-24-33-25-31(2)27-45(26-30,28-33)39-22-20-38(21-23-39)44-48-42(36-8-4-3-5-9-36)47-43(49-44)37-18-16-35(17-19-37)41-11-7-6-10-40(41)34-14-12-32(29-46)13-15-34/h3-23,30-31,33H,24-28H2,1-2H3/t30-,31+,33?,45?. The van der Waals surface area contributed by atoms with Crippen molar-refractivity contribution in [2.75, 3.05) is 0 Å². The molecular weight excluding hydrogens is 597 g/mol. The quantitative estimate of drug-likeness (QED) is 0.182. The summed E-state index contributed by atoms with van der Waals surface area (Å²) in [4.78, 5) is 15.1. The third-order valence-corrected chi connectivity index (χ3v) is 10.8. The first kappa shape index (κ1) is 30.9. The van der Waals surface area contributed by atoms with Crippen LogP contribution in [0.1, 0.15) is 57.1 Å². The van der Waals surface area contributed by atoms with E-state index in [9.17, 15) is 5.26 Å². The van der Waals surface area contributed by atoms with Crippen LogP contribution in [0.2, 0.25) is 0 Å². The zero-order chi connectivity index (χ0) is 33.4. The van der Waals surface area contributed by atoms with Crippen molar-refractivity contribution in [2.45, 2.75) is 51.4 Å². The highest BCUT2D eigenvalue weighted by Crippen LogP contribution is 2.54. The van der Waals surface area contributed by atoms with Gasteiger partial charge in [0.2, 0.25) is 0 Å². The molecule has 2 aliphatic carbocycles. The lowest BCUT2D eigenvalue weighted by atomic mass is 9.54. The lowest BCUT2D eigenvalue weighted by molar-refractivity contribution is 0.0780. The van der Waals surface area contributed by atoms with Gasteiger partial charge in [-0.2, -0.15) is 5.26 Å². The van der Waals surface area contributed by atoms with Crippen LogP contribution in [-0.4, -0.2) is 15.0 Å². The van der Waals surface area contributed by atoms with Crippen LogP contribution in [0.5, 0.6) is 0 Å². The van der Waals surface area contributed by atoms with Crippen LogP contribution >= 0.6 is 0 Å². The van der Waals surface area contributed by atoms with Crippen molar-refractivity contribution < 1.29 is 0 Å². The summed E-state index contributed by atoms with van der Waals surface area (Å²) in [5.74, 6) is 4.42. The fraction of sp³-hybridized carbons (Fsp3) is 0.244. The van der Waals surface area contributed by atoms with Gasteiger partial charge in [-0.05, 0) is 95.2 Å². The van der Waals surface area contributed by atoms with Crippen LogP contribution in [-0.2, 0) is 5.41 Å². The van der Waals surface area contributed by atoms with Crippen LogP contribution < -0.4 is 0 Å². The number of aromatic nitrogens is 3. The molecule has 0 amide bonds. The average Bonchev–Trinajstić information content (AvgIpc) is 3.14. The Morgan fingerprint density at radius 2 is 0.939 bits per heavy atom. The van der Waals surface area contributed by atoms with Crippen molar-refractivity contribution in [3.8, 4) is 62.5 Å². The molecule has 4 atom stereocenters. The summed E-state index contributed by atoms with van der Waals surface area (Å²) in [7, 11) is 0. The molecule has 0 spiro atoms. The summed E-state index contributed by atoms with van der Waals surface area (Å²) in [5.41, 5.74) is 9.78. The fourth-order valence-corrected chi connectivity index (χ4v) is 8.89.